The third kappa shape index (κ3) is 2.43. The van der Waals surface area contributed by atoms with E-state index in [4.69, 9.17) is 4.52 Å². The highest BCUT2D eigenvalue weighted by Gasteiger charge is 2.32. The molecule has 0 atom stereocenters. The van der Waals surface area contributed by atoms with Gasteiger partial charge in [-0.3, -0.25) is 4.98 Å². The third-order valence-electron chi connectivity index (χ3n) is 2.08. The Bertz CT molecular complexity index is 522. The van der Waals surface area contributed by atoms with Gasteiger partial charge in [-0.1, -0.05) is 12.1 Å². The van der Waals surface area contributed by atoms with Crippen LogP contribution in [0.4, 0.5) is 13.2 Å². The Balaban J connectivity index is 2.39. The standard InChI is InChI=1S/C10H8F3N3O/c1-2-8-15-9(16-17-8)6-3-4-14-7(5-6)10(11,12)13/h3-5H,2H2,1H3. The van der Waals surface area contributed by atoms with E-state index in [1.165, 1.54) is 6.07 Å². The summed E-state index contributed by atoms with van der Waals surface area (Å²) >= 11 is 0. The number of pyridine rings is 1. The molecule has 0 aliphatic heterocycles. The molecule has 7 heteroatoms. The average Bonchev–Trinajstić information content (AvgIpc) is 2.76. The predicted molar refractivity (Wildman–Crippen MR) is 51.9 cm³/mol. The molecule has 90 valence electrons. The van der Waals surface area contributed by atoms with Gasteiger partial charge in [-0.25, -0.2) is 0 Å². The summed E-state index contributed by atoms with van der Waals surface area (Å²) < 4.78 is 42.1. The maximum Gasteiger partial charge on any atom is 0.433 e. The fraction of sp³-hybridized carbons (Fsp3) is 0.300. The van der Waals surface area contributed by atoms with Gasteiger partial charge in [0.2, 0.25) is 11.7 Å². The molecule has 2 aromatic heterocycles. The fourth-order valence-corrected chi connectivity index (χ4v) is 1.24. The zero-order valence-electron chi connectivity index (χ0n) is 8.82. The molecule has 0 saturated carbocycles. The number of alkyl halides is 3. The van der Waals surface area contributed by atoms with Crippen molar-refractivity contribution in [3.63, 3.8) is 0 Å². The lowest BCUT2D eigenvalue weighted by Crippen LogP contribution is -2.07. The summed E-state index contributed by atoms with van der Waals surface area (Å²) in [6.07, 6.45) is -2.88. The quantitative estimate of drug-likeness (QED) is 0.813. The van der Waals surface area contributed by atoms with Gasteiger partial charge in [0.25, 0.3) is 0 Å². The summed E-state index contributed by atoms with van der Waals surface area (Å²) in [6.45, 7) is 1.81. The van der Waals surface area contributed by atoms with E-state index in [1.807, 2.05) is 6.92 Å². The van der Waals surface area contributed by atoms with Crippen LogP contribution in [0, 0.1) is 0 Å². The molecule has 0 N–H and O–H groups in total. The average molecular weight is 243 g/mol. The van der Waals surface area contributed by atoms with Crippen molar-refractivity contribution in [2.45, 2.75) is 19.5 Å². The van der Waals surface area contributed by atoms with Crippen molar-refractivity contribution < 1.29 is 17.7 Å². The Kier molecular flexibility index (Phi) is 2.83. The first-order chi connectivity index (χ1) is 8.00. The number of rotatable bonds is 2. The molecule has 2 rings (SSSR count). The van der Waals surface area contributed by atoms with E-state index in [-0.39, 0.29) is 11.4 Å². The summed E-state index contributed by atoms with van der Waals surface area (Å²) in [7, 11) is 0. The largest absolute Gasteiger partial charge is 0.433 e. The highest BCUT2D eigenvalue weighted by molar-refractivity contribution is 5.54. The minimum atomic E-state index is -4.48. The van der Waals surface area contributed by atoms with Gasteiger partial charge in [0.05, 0.1) is 0 Å². The van der Waals surface area contributed by atoms with Crippen LogP contribution in [-0.4, -0.2) is 15.1 Å². The van der Waals surface area contributed by atoms with Crippen molar-refractivity contribution in [1.82, 2.24) is 15.1 Å². The van der Waals surface area contributed by atoms with E-state index in [1.54, 1.807) is 0 Å². The van der Waals surface area contributed by atoms with Crippen molar-refractivity contribution in [2.24, 2.45) is 0 Å². The summed E-state index contributed by atoms with van der Waals surface area (Å²) in [5.74, 6) is 0.514. The Morgan fingerprint density at radius 1 is 1.35 bits per heavy atom. The van der Waals surface area contributed by atoms with Gasteiger partial charge in [-0.05, 0) is 12.1 Å². The van der Waals surface area contributed by atoms with E-state index < -0.39 is 11.9 Å². The summed E-state index contributed by atoms with van der Waals surface area (Å²) in [6, 6.07) is 2.30. The first-order valence-electron chi connectivity index (χ1n) is 4.87. The highest BCUT2D eigenvalue weighted by Crippen LogP contribution is 2.29. The maximum absolute atomic E-state index is 12.4. The van der Waals surface area contributed by atoms with Crippen molar-refractivity contribution in [3.05, 3.63) is 29.9 Å². The van der Waals surface area contributed by atoms with Gasteiger partial charge >= 0.3 is 6.18 Å². The van der Waals surface area contributed by atoms with Crippen LogP contribution in [0.5, 0.6) is 0 Å². The molecule has 0 aromatic carbocycles. The Labute approximate surface area is 94.5 Å². The van der Waals surface area contributed by atoms with E-state index in [2.05, 4.69) is 15.1 Å². The molecule has 0 spiro atoms. The first-order valence-corrected chi connectivity index (χ1v) is 4.87. The maximum atomic E-state index is 12.4. The van der Waals surface area contributed by atoms with Crippen molar-refractivity contribution in [1.29, 1.82) is 0 Å². The topological polar surface area (TPSA) is 51.8 Å². The minimum Gasteiger partial charge on any atom is -0.339 e. The van der Waals surface area contributed by atoms with Crippen molar-refractivity contribution in [2.75, 3.05) is 0 Å². The van der Waals surface area contributed by atoms with Gasteiger partial charge in [0, 0.05) is 18.2 Å². The van der Waals surface area contributed by atoms with E-state index >= 15 is 0 Å². The third-order valence-corrected chi connectivity index (χ3v) is 2.08. The van der Waals surface area contributed by atoms with Crippen LogP contribution in [-0.2, 0) is 12.6 Å². The van der Waals surface area contributed by atoms with Crippen LogP contribution in [0.25, 0.3) is 11.4 Å². The molecular weight excluding hydrogens is 235 g/mol. The molecule has 0 amide bonds. The Morgan fingerprint density at radius 3 is 2.71 bits per heavy atom. The van der Waals surface area contributed by atoms with Gasteiger partial charge in [-0.2, -0.15) is 18.2 Å². The van der Waals surface area contributed by atoms with Crippen LogP contribution < -0.4 is 0 Å². The first kappa shape index (κ1) is 11.6. The molecule has 4 nitrogen and oxygen atoms in total. The predicted octanol–water partition coefficient (Wildman–Crippen LogP) is 2.71. The van der Waals surface area contributed by atoms with Gasteiger partial charge in [-0.15, -0.1) is 0 Å². The minimum absolute atomic E-state index is 0.134. The number of hydrogen-bond acceptors (Lipinski definition) is 4. The normalized spacial score (nSPS) is 11.8. The number of nitrogens with zero attached hydrogens (tertiary/aromatic N) is 3. The molecule has 0 aliphatic rings. The van der Waals surface area contributed by atoms with Gasteiger partial charge < -0.3 is 4.52 Å². The second kappa shape index (κ2) is 4.15. The lowest BCUT2D eigenvalue weighted by atomic mass is 10.2. The fourth-order valence-electron chi connectivity index (χ4n) is 1.24. The second-order valence-corrected chi connectivity index (χ2v) is 3.29. The van der Waals surface area contributed by atoms with Crippen molar-refractivity contribution >= 4 is 0 Å². The molecule has 17 heavy (non-hydrogen) atoms. The SMILES string of the molecule is CCc1nc(-c2ccnc(C(F)(F)F)c2)no1. The highest BCUT2D eigenvalue weighted by atomic mass is 19.4. The number of hydrogen-bond donors (Lipinski definition) is 0. The molecule has 0 saturated heterocycles. The number of aromatic nitrogens is 3. The summed E-state index contributed by atoms with van der Waals surface area (Å²) in [5.41, 5.74) is -0.742. The molecule has 0 radical (unpaired) electrons. The lowest BCUT2D eigenvalue weighted by molar-refractivity contribution is -0.141. The lowest BCUT2D eigenvalue weighted by Gasteiger charge is -2.05. The monoisotopic (exact) mass is 243 g/mol. The van der Waals surface area contributed by atoms with Crippen LogP contribution >= 0.6 is 0 Å². The molecule has 0 unspecified atom stereocenters. The molecule has 0 fully saturated rings. The molecule has 2 heterocycles. The van der Waals surface area contributed by atoms with Crippen LogP contribution in [0.15, 0.2) is 22.9 Å². The Hall–Kier alpha value is -1.92. The molecule has 2 aromatic rings. The van der Waals surface area contributed by atoms with E-state index in [0.29, 0.717) is 12.3 Å². The molecule has 0 bridgehead atoms. The van der Waals surface area contributed by atoms with Gasteiger partial charge in [0.15, 0.2) is 0 Å². The summed E-state index contributed by atoms with van der Waals surface area (Å²) in [5, 5.41) is 3.60. The van der Waals surface area contributed by atoms with Crippen LogP contribution in [0.3, 0.4) is 0 Å². The molecular formula is C10H8F3N3O. The Morgan fingerprint density at radius 2 is 2.12 bits per heavy atom. The van der Waals surface area contributed by atoms with Crippen LogP contribution in [0.1, 0.15) is 18.5 Å². The summed E-state index contributed by atoms with van der Waals surface area (Å²) in [4.78, 5) is 7.20. The molecule has 0 aliphatic carbocycles. The van der Waals surface area contributed by atoms with E-state index in [9.17, 15) is 13.2 Å². The number of halogens is 3. The van der Waals surface area contributed by atoms with Crippen LogP contribution in [0.2, 0.25) is 0 Å². The van der Waals surface area contributed by atoms with Crippen molar-refractivity contribution in [3.8, 4) is 11.4 Å². The number of aryl methyl sites for hydroxylation is 1. The smallest absolute Gasteiger partial charge is 0.339 e. The van der Waals surface area contributed by atoms with Gasteiger partial charge in [0.1, 0.15) is 5.69 Å². The zero-order chi connectivity index (χ0) is 12.5. The van der Waals surface area contributed by atoms with E-state index in [0.717, 1.165) is 12.3 Å². The zero-order valence-corrected chi connectivity index (χ0v) is 8.82. The second-order valence-electron chi connectivity index (χ2n) is 3.29.